The highest BCUT2D eigenvalue weighted by molar-refractivity contribution is 5.94. The Kier molecular flexibility index (Phi) is 7.10. The van der Waals surface area contributed by atoms with Gasteiger partial charge >= 0.3 is 0 Å². The van der Waals surface area contributed by atoms with Gasteiger partial charge in [0.1, 0.15) is 0 Å². The van der Waals surface area contributed by atoms with Gasteiger partial charge in [-0.1, -0.05) is 12.1 Å². The molecule has 2 aliphatic rings. The Morgan fingerprint density at radius 2 is 2.11 bits per heavy atom. The second-order valence-electron chi connectivity index (χ2n) is 7.56. The number of carbonyl (C=O) groups excluding carboxylic acids is 1. The molecule has 1 heterocycles. The van der Waals surface area contributed by atoms with E-state index in [1.807, 2.05) is 18.2 Å². The van der Waals surface area contributed by atoms with Crippen molar-refractivity contribution in [3.05, 3.63) is 35.4 Å². The average Bonchev–Trinajstić information content (AvgIpc) is 3.44. The lowest BCUT2D eigenvalue weighted by atomic mass is 10.1. The highest BCUT2D eigenvalue weighted by Crippen LogP contribution is 2.31. The molecule has 0 radical (unpaired) electrons. The van der Waals surface area contributed by atoms with Gasteiger partial charge in [-0.25, -0.2) is 0 Å². The van der Waals surface area contributed by atoms with Gasteiger partial charge in [-0.05, 0) is 62.8 Å². The quantitative estimate of drug-likeness (QED) is 0.480. The number of hydrogen-bond acceptors (Lipinski definition) is 3. The number of carbonyl (C=O) groups is 1. The maximum atomic E-state index is 11.8. The van der Waals surface area contributed by atoms with Crippen LogP contribution < -0.4 is 16.0 Å². The molecule has 6 nitrogen and oxygen atoms in total. The van der Waals surface area contributed by atoms with Gasteiger partial charge in [0.05, 0.1) is 0 Å². The van der Waals surface area contributed by atoms with E-state index in [2.05, 4.69) is 33.8 Å². The molecule has 1 saturated carbocycles. The van der Waals surface area contributed by atoms with Crippen LogP contribution >= 0.6 is 0 Å². The number of hydrogen-bond donors (Lipinski definition) is 3. The molecule has 1 aromatic carbocycles. The van der Waals surface area contributed by atoms with Crippen LogP contribution in [-0.4, -0.2) is 62.6 Å². The van der Waals surface area contributed by atoms with Crippen molar-refractivity contribution in [2.45, 2.75) is 38.6 Å². The third-order valence-electron chi connectivity index (χ3n) is 5.35. The van der Waals surface area contributed by atoms with E-state index in [0.29, 0.717) is 11.5 Å². The highest BCUT2D eigenvalue weighted by Gasteiger charge is 2.34. The van der Waals surface area contributed by atoms with Gasteiger partial charge in [0, 0.05) is 44.8 Å². The Hall–Kier alpha value is -2.08. The van der Waals surface area contributed by atoms with Crippen molar-refractivity contribution >= 4 is 11.9 Å². The monoisotopic (exact) mass is 371 g/mol. The van der Waals surface area contributed by atoms with Crippen molar-refractivity contribution in [2.24, 2.45) is 10.9 Å². The molecule has 1 amide bonds. The molecule has 27 heavy (non-hydrogen) atoms. The largest absolute Gasteiger partial charge is 0.357 e. The fourth-order valence-corrected chi connectivity index (χ4v) is 3.68. The SMILES string of the molecule is CCNC(=NCC1CCN(C2CC2)C1)NCCc1cccc(C(=O)NC)c1. The van der Waals surface area contributed by atoms with Crippen molar-refractivity contribution in [3.63, 3.8) is 0 Å². The first-order valence-electron chi connectivity index (χ1n) is 10.3. The maximum Gasteiger partial charge on any atom is 0.251 e. The zero-order valence-corrected chi connectivity index (χ0v) is 16.6. The second kappa shape index (κ2) is 9.74. The molecular weight excluding hydrogens is 338 g/mol. The van der Waals surface area contributed by atoms with Gasteiger partial charge in [-0.15, -0.1) is 0 Å². The predicted octanol–water partition coefficient (Wildman–Crippen LogP) is 1.63. The number of benzene rings is 1. The number of aliphatic imine (C=N–C) groups is 1. The molecule has 2 fully saturated rings. The summed E-state index contributed by atoms with van der Waals surface area (Å²) in [4.78, 5) is 19.2. The van der Waals surface area contributed by atoms with Gasteiger partial charge in [-0.2, -0.15) is 0 Å². The first-order valence-corrected chi connectivity index (χ1v) is 10.3. The van der Waals surface area contributed by atoms with E-state index in [4.69, 9.17) is 4.99 Å². The molecule has 3 N–H and O–H groups in total. The van der Waals surface area contributed by atoms with Gasteiger partial charge < -0.3 is 20.9 Å². The third kappa shape index (κ3) is 5.96. The lowest BCUT2D eigenvalue weighted by molar-refractivity contribution is 0.0963. The summed E-state index contributed by atoms with van der Waals surface area (Å²) in [6.07, 6.45) is 4.91. The molecule has 3 rings (SSSR count). The number of nitrogens with zero attached hydrogens (tertiary/aromatic N) is 2. The zero-order chi connectivity index (χ0) is 19.1. The Morgan fingerprint density at radius 3 is 2.85 bits per heavy atom. The summed E-state index contributed by atoms with van der Waals surface area (Å²) in [5.41, 5.74) is 1.85. The average molecular weight is 372 g/mol. The van der Waals surface area contributed by atoms with Crippen LogP contribution in [0.1, 0.15) is 42.1 Å². The first-order chi connectivity index (χ1) is 13.2. The summed E-state index contributed by atoms with van der Waals surface area (Å²) in [5, 5.41) is 9.44. The molecule has 0 aromatic heterocycles. The molecule has 6 heteroatoms. The van der Waals surface area contributed by atoms with Gasteiger partial charge in [-0.3, -0.25) is 9.79 Å². The van der Waals surface area contributed by atoms with Crippen LogP contribution in [0, 0.1) is 5.92 Å². The van der Waals surface area contributed by atoms with Crippen LogP contribution in [0.25, 0.3) is 0 Å². The van der Waals surface area contributed by atoms with Gasteiger partial charge in [0.2, 0.25) is 0 Å². The number of likely N-dealkylation sites (tertiary alicyclic amines) is 1. The lowest BCUT2D eigenvalue weighted by Gasteiger charge is -2.15. The van der Waals surface area contributed by atoms with E-state index >= 15 is 0 Å². The Morgan fingerprint density at radius 1 is 1.26 bits per heavy atom. The van der Waals surface area contributed by atoms with Crippen molar-refractivity contribution in [1.82, 2.24) is 20.9 Å². The summed E-state index contributed by atoms with van der Waals surface area (Å²) in [6, 6.07) is 8.66. The first kappa shape index (κ1) is 19.7. The summed E-state index contributed by atoms with van der Waals surface area (Å²) >= 11 is 0. The number of guanidine groups is 1. The Labute approximate surface area is 162 Å². The van der Waals surface area contributed by atoms with E-state index < -0.39 is 0 Å². The van der Waals surface area contributed by atoms with Crippen molar-refractivity contribution in [1.29, 1.82) is 0 Å². The molecule has 1 unspecified atom stereocenters. The van der Waals surface area contributed by atoms with E-state index in [0.717, 1.165) is 43.6 Å². The predicted molar refractivity (Wildman–Crippen MR) is 110 cm³/mol. The molecule has 1 aliphatic heterocycles. The number of amides is 1. The molecule has 1 saturated heterocycles. The topological polar surface area (TPSA) is 68.8 Å². The zero-order valence-electron chi connectivity index (χ0n) is 16.6. The van der Waals surface area contributed by atoms with E-state index in [9.17, 15) is 4.79 Å². The molecule has 0 spiro atoms. The van der Waals surface area contributed by atoms with Gasteiger partial charge in [0.15, 0.2) is 5.96 Å². The van der Waals surface area contributed by atoms with Crippen molar-refractivity contribution in [3.8, 4) is 0 Å². The fraction of sp³-hybridized carbons (Fsp3) is 0.619. The van der Waals surface area contributed by atoms with Gasteiger partial charge in [0.25, 0.3) is 5.91 Å². The highest BCUT2D eigenvalue weighted by atomic mass is 16.1. The van der Waals surface area contributed by atoms with Crippen LogP contribution in [0.2, 0.25) is 0 Å². The molecule has 1 aromatic rings. The Balaban J connectivity index is 1.45. The second-order valence-corrected chi connectivity index (χ2v) is 7.56. The smallest absolute Gasteiger partial charge is 0.251 e. The minimum atomic E-state index is -0.0449. The summed E-state index contributed by atoms with van der Waals surface area (Å²) < 4.78 is 0. The van der Waals surface area contributed by atoms with Crippen LogP contribution in [0.3, 0.4) is 0 Å². The Bertz CT molecular complexity index is 656. The standard InChI is InChI=1S/C21H33N5O/c1-3-23-21(25-14-17-10-12-26(15-17)19-7-8-19)24-11-9-16-5-4-6-18(13-16)20(27)22-2/h4-6,13,17,19H,3,7-12,14-15H2,1-2H3,(H,22,27)(H2,23,24,25). The lowest BCUT2D eigenvalue weighted by Crippen LogP contribution is -2.38. The molecule has 1 atom stereocenters. The third-order valence-corrected chi connectivity index (χ3v) is 5.35. The van der Waals surface area contributed by atoms with Crippen LogP contribution in [0.4, 0.5) is 0 Å². The van der Waals surface area contributed by atoms with Crippen LogP contribution in [-0.2, 0) is 6.42 Å². The van der Waals surface area contributed by atoms with Crippen LogP contribution in [0.15, 0.2) is 29.3 Å². The van der Waals surface area contributed by atoms with E-state index in [-0.39, 0.29) is 5.91 Å². The summed E-state index contributed by atoms with van der Waals surface area (Å²) in [7, 11) is 1.66. The normalized spacial score (nSPS) is 20.5. The van der Waals surface area contributed by atoms with E-state index in [1.54, 1.807) is 7.05 Å². The van der Waals surface area contributed by atoms with Crippen molar-refractivity contribution < 1.29 is 4.79 Å². The summed E-state index contributed by atoms with van der Waals surface area (Å²) in [6.45, 7) is 7.09. The maximum absolute atomic E-state index is 11.8. The molecule has 1 aliphatic carbocycles. The molecular formula is C21H33N5O. The van der Waals surface area contributed by atoms with Crippen molar-refractivity contribution in [2.75, 3.05) is 39.8 Å². The minimum Gasteiger partial charge on any atom is -0.357 e. The van der Waals surface area contributed by atoms with Crippen LogP contribution in [0.5, 0.6) is 0 Å². The summed E-state index contributed by atoms with van der Waals surface area (Å²) in [5.74, 6) is 1.53. The fourth-order valence-electron chi connectivity index (χ4n) is 3.68. The molecule has 0 bridgehead atoms. The van der Waals surface area contributed by atoms with E-state index in [1.165, 1.54) is 32.4 Å². The minimum absolute atomic E-state index is 0.0449. The molecule has 148 valence electrons. The number of nitrogens with one attached hydrogen (secondary N) is 3. The number of rotatable bonds is 8.